The molecule has 0 aromatic rings. The second-order valence-electron chi connectivity index (χ2n) is 7.78. The fourth-order valence-corrected chi connectivity index (χ4v) is 4.55. The van der Waals surface area contributed by atoms with Crippen LogP contribution in [0.2, 0.25) is 18.1 Å². The third kappa shape index (κ3) is 3.61. The zero-order chi connectivity index (χ0) is 15.6. The monoisotopic (exact) mass is 296 g/mol. The van der Waals surface area contributed by atoms with Gasteiger partial charge in [-0.2, -0.15) is 0 Å². The maximum absolute atomic E-state index is 12.9. The number of ether oxygens (including phenoxy) is 1. The summed E-state index contributed by atoms with van der Waals surface area (Å²) < 4.78 is 5.68. The molecule has 0 bridgehead atoms. The van der Waals surface area contributed by atoms with Gasteiger partial charge < -0.3 is 9.53 Å². The van der Waals surface area contributed by atoms with E-state index in [1.54, 1.807) is 7.11 Å². The van der Waals surface area contributed by atoms with Crippen molar-refractivity contribution < 1.29 is 9.53 Å². The van der Waals surface area contributed by atoms with Crippen molar-refractivity contribution in [3.8, 4) is 0 Å². The molecule has 1 aliphatic rings. The van der Waals surface area contributed by atoms with E-state index in [-0.39, 0.29) is 11.1 Å². The van der Waals surface area contributed by atoms with E-state index in [4.69, 9.17) is 4.74 Å². The highest BCUT2D eigenvalue weighted by Gasteiger charge is 2.45. The van der Waals surface area contributed by atoms with Gasteiger partial charge in [-0.25, -0.2) is 0 Å². The van der Waals surface area contributed by atoms with Crippen LogP contribution in [0.3, 0.4) is 0 Å². The number of rotatable bonds is 5. The molecule has 0 aromatic carbocycles. The van der Waals surface area contributed by atoms with E-state index in [1.165, 1.54) is 32.1 Å². The van der Waals surface area contributed by atoms with E-state index in [2.05, 4.69) is 40.4 Å². The van der Waals surface area contributed by atoms with Crippen LogP contribution in [0.4, 0.5) is 0 Å². The van der Waals surface area contributed by atoms with Gasteiger partial charge in [-0.05, 0) is 23.8 Å². The average molecular weight is 297 g/mol. The standard InChI is InChI=1S/C17H32O2Si/c1-13(16(18)20(6,7)17(2,3)4)15(19-5)14-11-9-8-10-12-14/h14-15H,1,8-12H2,2-7H3. The smallest absolute Gasteiger partial charge is 0.138 e. The maximum Gasteiger partial charge on any atom is 0.138 e. The highest BCUT2D eigenvalue weighted by molar-refractivity contribution is 7.08. The quantitative estimate of drug-likeness (QED) is 0.540. The first kappa shape index (κ1) is 17.6. The third-order valence-electron chi connectivity index (χ3n) is 5.41. The highest BCUT2D eigenvalue weighted by atomic mass is 28.3. The molecule has 0 saturated heterocycles. The molecule has 0 amide bonds. The summed E-state index contributed by atoms with van der Waals surface area (Å²) in [5.74, 6) is 0.481. The Labute approximate surface area is 126 Å². The van der Waals surface area contributed by atoms with Crippen molar-refractivity contribution in [2.45, 2.75) is 77.1 Å². The molecule has 0 N–H and O–H groups in total. The summed E-state index contributed by atoms with van der Waals surface area (Å²) in [5.41, 5.74) is 0.728. The van der Waals surface area contributed by atoms with Crippen molar-refractivity contribution in [1.29, 1.82) is 0 Å². The Morgan fingerprint density at radius 3 is 2.10 bits per heavy atom. The molecule has 1 aliphatic carbocycles. The molecule has 20 heavy (non-hydrogen) atoms. The number of methoxy groups -OCH3 is 1. The van der Waals surface area contributed by atoms with Gasteiger partial charge in [0.1, 0.15) is 13.5 Å². The van der Waals surface area contributed by atoms with Crippen molar-refractivity contribution >= 4 is 13.5 Å². The van der Waals surface area contributed by atoms with Gasteiger partial charge in [-0.15, -0.1) is 0 Å². The van der Waals surface area contributed by atoms with E-state index >= 15 is 0 Å². The average Bonchev–Trinajstić information content (AvgIpc) is 2.38. The van der Waals surface area contributed by atoms with Gasteiger partial charge in [-0.3, -0.25) is 0 Å². The van der Waals surface area contributed by atoms with E-state index in [9.17, 15) is 4.79 Å². The molecule has 1 atom stereocenters. The van der Waals surface area contributed by atoms with Gasteiger partial charge in [0.2, 0.25) is 0 Å². The van der Waals surface area contributed by atoms with Crippen LogP contribution >= 0.6 is 0 Å². The minimum absolute atomic E-state index is 0.0535. The largest absolute Gasteiger partial charge is 0.376 e. The summed E-state index contributed by atoms with van der Waals surface area (Å²) in [4.78, 5) is 12.9. The molecule has 3 heteroatoms. The van der Waals surface area contributed by atoms with Crippen LogP contribution in [-0.2, 0) is 9.53 Å². The fourth-order valence-electron chi connectivity index (χ4n) is 2.93. The van der Waals surface area contributed by atoms with Crippen molar-refractivity contribution in [2.24, 2.45) is 5.92 Å². The van der Waals surface area contributed by atoms with Crippen molar-refractivity contribution in [3.63, 3.8) is 0 Å². The topological polar surface area (TPSA) is 26.3 Å². The minimum atomic E-state index is -2.03. The van der Waals surface area contributed by atoms with Crippen molar-refractivity contribution in [1.82, 2.24) is 0 Å². The molecule has 1 unspecified atom stereocenters. The van der Waals surface area contributed by atoms with Gasteiger partial charge in [0.25, 0.3) is 0 Å². The molecule has 1 saturated carbocycles. The number of hydrogen-bond acceptors (Lipinski definition) is 2. The van der Waals surface area contributed by atoms with Crippen LogP contribution in [0.25, 0.3) is 0 Å². The first-order chi connectivity index (χ1) is 9.13. The van der Waals surface area contributed by atoms with Crippen molar-refractivity contribution in [3.05, 3.63) is 12.2 Å². The zero-order valence-electron chi connectivity index (χ0n) is 14.2. The molecular weight excluding hydrogens is 264 g/mol. The number of carbonyl (C=O) groups excluding carboxylic acids is 1. The SMILES string of the molecule is C=C(C(=O)[Si](C)(C)C(C)(C)C)C(OC)C1CCCCC1. The summed E-state index contributed by atoms with van der Waals surface area (Å²) in [6.07, 6.45) is 6.09. The summed E-state index contributed by atoms with van der Waals surface area (Å²) >= 11 is 0. The highest BCUT2D eigenvalue weighted by Crippen LogP contribution is 2.39. The van der Waals surface area contributed by atoms with E-state index in [0.717, 1.165) is 5.57 Å². The Kier molecular flexibility index (Phi) is 5.79. The normalized spacial score (nSPS) is 19.7. The molecule has 0 radical (unpaired) electrons. The summed E-state index contributed by atoms with van der Waals surface area (Å²) in [7, 11) is -0.307. The van der Waals surface area contributed by atoms with E-state index in [0.29, 0.717) is 11.3 Å². The lowest BCUT2D eigenvalue weighted by atomic mass is 9.83. The molecule has 0 spiro atoms. The summed E-state index contributed by atoms with van der Waals surface area (Å²) in [5, 5.41) is 0.347. The van der Waals surface area contributed by atoms with Gasteiger partial charge in [0.15, 0.2) is 0 Å². The lowest BCUT2D eigenvalue weighted by Gasteiger charge is -2.38. The van der Waals surface area contributed by atoms with Crippen molar-refractivity contribution in [2.75, 3.05) is 7.11 Å². The predicted octanol–water partition coefficient (Wildman–Crippen LogP) is 4.75. The molecular formula is C17H32O2Si. The molecule has 0 heterocycles. The first-order valence-electron chi connectivity index (χ1n) is 7.89. The second kappa shape index (κ2) is 6.57. The number of hydrogen-bond donors (Lipinski definition) is 0. The maximum atomic E-state index is 12.9. The zero-order valence-corrected chi connectivity index (χ0v) is 15.2. The van der Waals surface area contributed by atoms with Gasteiger partial charge >= 0.3 is 0 Å². The molecule has 116 valence electrons. The van der Waals surface area contributed by atoms with Crippen LogP contribution in [0.5, 0.6) is 0 Å². The van der Waals surface area contributed by atoms with Crippen LogP contribution < -0.4 is 0 Å². The summed E-state index contributed by atoms with van der Waals surface area (Å²) in [6.45, 7) is 15.0. The van der Waals surface area contributed by atoms with Crippen LogP contribution in [-0.4, -0.2) is 26.7 Å². The lowest BCUT2D eigenvalue weighted by molar-refractivity contribution is -0.111. The van der Waals surface area contributed by atoms with E-state index < -0.39 is 8.07 Å². The summed E-state index contributed by atoms with van der Waals surface area (Å²) in [6, 6.07) is 0. The van der Waals surface area contributed by atoms with Crippen LogP contribution in [0, 0.1) is 5.92 Å². The Morgan fingerprint density at radius 2 is 1.70 bits per heavy atom. The van der Waals surface area contributed by atoms with E-state index in [1.807, 2.05) is 0 Å². The Bertz CT molecular complexity index is 360. The molecule has 1 fully saturated rings. The van der Waals surface area contributed by atoms with Crippen LogP contribution in [0.15, 0.2) is 12.2 Å². The second-order valence-corrected chi connectivity index (χ2v) is 13.0. The van der Waals surface area contributed by atoms with Gasteiger partial charge in [0.05, 0.1) is 6.10 Å². The Balaban J connectivity index is 2.88. The van der Waals surface area contributed by atoms with Gasteiger partial charge in [-0.1, -0.05) is 59.7 Å². The Morgan fingerprint density at radius 1 is 1.20 bits per heavy atom. The minimum Gasteiger partial charge on any atom is -0.376 e. The molecule has 0 aromatic heterocycles. The molecule has 2 nitrogen and oxygen atoms in total. The predicted molar refractivity (Wildman–Crippen MR) is 88.7 cm³/mol. The lowest BCUT2D eigenvalue weighted by Crippen LogP contribution is -2.49. The molecule has 0 aliphatic heterocycles. The molecule has 1 rings (SSSR count). The Hall–Kier alpha value is -0.413. The fraction of sp³-hybridized carbons (Fsp3) is 0.824. The van der Waals surface area contributed by atoms with Crippen LogP contribution in [0.1, 0.15) is 52.9 Å². The number of carbonyl (C=O) groups is 1. The third-order valence-corrected chi connectivity index (χ3v) is 10.6. The first-order valence-corrected chi connectivity index (χ1v) is 10.9. The van der Waals surface area contributed by atoms with Gasteiger partial charge in [0, 0.05) is 12.7 Å².